The summed E-state index contributed by atoms with van der Waals surface area (Å²) in [5, 5.41) is 10.5. The Hall–Kier alpha value is -3.51. The quantitative estimate of drug-likeness (QED) is 0.251. The number of nitrogens with zero attached hydrogens (tertiary/aromatic N) is 5. The Kier molecular flexibility index (Phi) is 8.43. The lowest BCUT2D eigenvalue weighted by Crippen LogP contribution is -2.39. The molecule has 2 aromatic heterocycles. The molecule has 220 valence electrons. The molecule has 6 rings (SSSR count). The molecule has 0 amide bonds. The van der Waals surface area contributed by atoms with Gasteiger partial charge in [-0.1, -0.05) is 29.3 Å². The summed E-state index contributed by atoms with van der Waals surface area (Å²) in [6.07, 6.45) is 3.94. The molecule has 4 aromatic rings. The van der Waals surface area contributed by atoms with E-state index in [0.717, 1.165) is 44.0 Å². The van der Waals surface area contributed by atoms with Crippen LogP contribution in [0.4, 0.5) is 4.39 Å². The van der Waals surface area contributed by atoms with Crippen molar-refractivity contribution in [1.82, 2.24) is 24.4 Å². The molecule has 0 bridgehead atoms. The van der Waals surface area contributed by atoms with E-state index in [9.17, 15) is 14.3 Å². The van der Waals surface area contributed by atoms with Crippen molar-refractivity contribution in [1.29, 1.82) is 0 Å². The number of fused-ring (bicyclic) bond motifs is 1. The number of halogens is 3. The zero-order valence-electron chi connectivity index (χ0n) is 22.5. The highest BCUT2D eigenvalue weighted by Gasteiger charge is 2.27. The lowest BCUT2D eigenvalue weighted by Gasteiger charge is -2.32. The Morgan fingerprint density at radius 2 is 1.93 bits per heavy atom. The van der Waals surface area contributed by atoms with E-state index < -0.39 is 11.8 Å². The van der Waals surface area contributed by atoms with Gasteiger partial charge in [0.2, 0.25) is 5.88 Å². The van der Waals surface area contributed by atoms with Gasteiger partial charge < -0.3 is 23.9 Å². The fourth-order valence-corrected chi connectivity index (χ4v) is 5.57. The Bertz CT molecular complexity index is 1610. The zero-order valence-corrected chi connectivity index (χ0v) is 24.0. The number of piperidine rings is 1. The van der Waals surface area contributed by atoms with Crippen LogP contribution in [0.25, 0.3) is 11.0 Å². The molecule has 0 radical (unpaired) electrons. The van der Waals surface area contributed by atoms with Crippen molar-refractivity contribution in [3.63, 3.8) is 0 Å². The van der Waals surface area contributed by atoms with Crippen LogP contribution >= 0.6 is 23.2 Å². The molecule has 2 aliphatic rings. The predicted octanol–water partition coefficient (Wildman–Crippen LogP) is 5.38. The van der Waals surface area contributed by atoms with E-state index in [2.05, 4.69) is 19.9 Å². The molecule has 0 saturated carbocycles. The molecule has 1 N–H and O–H groups in total. The van der Waals surface area contributed by atoms with Crippen LogP contribution in [0, 0.1) is 5.82 Å². The first-order valence-corrected chi connectivity index (χ1v) is 14.4. The van der Waals surface area contributed by atoms with Gasteiger partial charge in [-0.3, -0.25) is 4.90 Å². The average Bonchev–Trinajstić information content (AvgIpc) is 3.28. The molecule has 2 fully saturated rings. The van der Waals surface area contributed by atoms with Gasteiger partial charge in [0.05, 0.1) is 30.3 Å². The van der Waals surface area contributed by atoms with E-state index in [1.165, 1.54) is 6.07 Å². The second kappa shape index (κ2) is 12.4. The van der Waals surface area contributed by atoms with Crippen LogP contribution in [0.2, 0.25) is 10.0 Å². The van der Waals surface area contributed by atoms with E-state index in [4.69, 9.17) is 37.4 Å². The van der Waals surface area contributed by atoms with Crippen molar-refractivity contribution < 1.29 is 28.5 Å². The van der Waals surface area contributed by atoms with Crippen molar-refractivity contribution in [3.8, 4) is 11.9 Å². The van der Waals surface area contributed by atoms with Crippen LogP contribution in [0.5, 0.6) is 11.9 Å². The highest BCUT2D eigenvalue weighted by atomic mass is 35.5. The van der Waals surface area contributed by atoms with Crippen LogP contribution in [-0.4, -0.2) is 67.4 Å². The smallest absolute Gasteiger partial charge is 0.335 e. The summed E-state index contributed by atoms with van der Waals surface area (Å²) in [5.41, 5.74) is 1.30. The van der Waals surface area contributed by atoms with Gasteiger partial charge in [-0.25, -0.2) is 19.2 Å². The van der Waals surface area contributed by atoms with E-state index in [-0.39, 0.29) is 35.9 Å². The highest BCUT2D eigenvalue weighted by molar-refractivity contribution is 6.35. The van der Waals surface area contributed by atoms with Gasteiger partial charge in [0, 0.05) is 47.6 Å². The van der Waals surface area contributed by atoms with Gasteiger partial charge in [0.1, 0.15) is 24.1 Å². The molecule has 10 nitrogen and oxygen atoms in total. The highest BCUT2D eigenvalue weighted by Crippen LogP contribution is 2.27. The number of hydrogen-bond donors (Lipinski definition) is 1. The monoisotopic (exact) mass is 615 g/mol. The molecule has 42 heavy (non-hydrogen) atoms. The van der Waals surface area contributed by atoms with Gasteiger partial charge in [-0.05, 0) is 43.5 Å². The molecule has 2 aliphatic heterocycles. The van der Waals surface area contributed by atoms with Crippen LogP contribution in [-0.2, 0) is 24.4 Å². The van der Waals surface area contributed by atoms with Crippen LogP contribution in [0.15, 0.2) is 42.6 Å². The summed E-state index contributed by atoms with van der Waals surface area (Å²) in [7, 11) is 0. The number of carboxylic acids is 1. The van der Waals surface area contributed by atoms with E-state index >= 15 is 0 Å². The molecular weight excluding hydrogens is 588 g/mol. The van der Waals surface area contributed by atoms with Crippen LogP contribution < -0.4 is 9.47 Å². The fraction of sp³-hybridized carbons (Fsp3) is 0.379. The fourth-order valence-electron chi connectivity index (χ4n) is 5.11. The lowest BCUT2D eigenvalue weighted by atomic mass is 10.1. The third kappa shape index (κ3) is 6.44. The Balaban J connectivity index is 1.08. The average molecular weight is 616 g/mol. The minimum Gasteiger partial charge on any atom is -0.478 e. The topological polar surface area (TPSA) is 112 Å². The third-order valence-electron chi connectivity index (χ3n) is 7.48. The predicted molar refractivity (Wildman–Crippen MR) is 153 cm³/mol. The van der Waals surface area contributed by atoms with Gasteiger partial charge >= 0.3 is 12.0 Å². The second-order valence-electron chi connectivity index (χ2n) is 10.3. The van der Waals surface area contributed by atoms with Gasteiger partial charge in [0.25, 0.3) is 0 Å². The van der Waals surface area contributed by atoms with E-state index in [1.807, 2.05) is 4.57 Å². The summed E-state index contributed by atoms with van der Waals surface area (Å²) in [4.78, 5) is 26.9. The first kappa shape index (κ1) is 28.6. The molecule has 0 aliphatic carbocycles. The van der Waals surface area contributed by atoms with Crippen molar-refractivity contribution in [2.75, 3.05) is 19.7 Å². The van der Waals surface area contributed by atoms with Gasteiger partial charge in [-0.15, -0.1) is 0 Å². The molecule has 2 aromatic carbocycles. The summed E-state index contributed by atoms with van der Waals surface area (Å²) in [5.74, 6) is -0.719. The van der Waals surface area contributed by atoms with Gasteiger partial charge in [0.15, 0.2) is 5.82 Å². The number of ether oxygens (including phenoxy) is 3. The number of carbonyl (C=O) groups is 1. The number of rotatable bonds is 10. The maximum atomic E-state index is 14.8. The molecular formula is C29H28Cl2FN5O5. The number of aromatic carboxylic acids is 1. The van der Waals surface area contributed by atoms with Crippen molar-refractivity contribution in [2.24, 2.45) is 0 Å². The zero-order chi connectivity index (χ0) is 29.2. The largest absolute Gasteiger partial charge is 0.478 e. The molecule has 13 heteroatoms. The second-order valence-corrected chi connectivity index (χ2v) is 11.2. The standard InChI is InChI=1S/C29H28Cl2FN5O5/c30-19-2-1-17(22(31)13-19)16-41-29-33-7-3-26(35-29)42-20-4-8-36(9-5-20)15-25-34-27-23(32)11-18(28(38)39)12-24(27)37(25)14-21-6-10-40-21/h1-3,7,11-13,20-21H,4-6,8-10,14-16H2,(H,38,39)/t21-/m0/s1. The van der Waals surface area contributed by atoms with Crippen LogP contribution in [0.3, 0.4) is 0 Å². The van der Waals surface area contributed by atoms with Crippen molar-refractivity contribution >= 4 is 40.2 Å². The third-order valence-corrected chi connectivity index (χ3v) is 8.07. The summed E-state index contributed by atoms with van der Waals surface area (Å²) < 4.78 is 34.2. The number of hydrogen-bond acceptors (Lipinski definition) is 8. The minimum absolute atomic E-state index is 0.00161. The normalized spacial score (nSPS) is 17.7. The van der Waals surface area contributed by atoms with E-state index in [0.29, 0.717) is 47.0 Å². The van der Waals surface area contributed by atoms with Crippen LogP contribution in [0.1, 0.15) is 41.0 Å². The summed E-state index contributed by atoms with van der Waals surface area (Å²) >= 11 is 12.2. The summed E-state index contributed by atoms with van der Waals surface area (Å²) in [6.45, 7) is 3.34. The minimum atomic E-state index is -1.18. The number of carboxylic acid groups (broad SMARTS) is 1. The molecule has 0 spiro atoms. The Labute approximate surface area is 251 Å². The summed E-state index contributed by atoms with van der Waals surface area (Å²) in [6, 6.07) is 9.57. The number of imidazole rings is 1. The molecule has 4 heterocycles. The first-order chi connectivity index (χ1) is 20.3. The number of likely N-dealkylation sites (tertiary alicyclic amines) is 1. The Morgan fingerprint density at radius 3 is 2.64 bits per heavy atom. The van der Waals surface area contributed by atoms with E-state index in [1.54, 1.807) is 30.5 Å². The van der Waals surface area contributed by atoms with Gasteiger partial charge in [-0.2, -0.15) is 4.98 Å². The number of aromatic nitrogens is 4. The Morgan fingerprint density at radius 1 is 1.12 bits per heavy atom. The molecule has 1 atom stereocenters. The maximum absolute atomic E-state index is 14.8. The SMILES string of the molecule is O=C(O)c1cc(F)c2nc(CN3CCC(Oc4ccnc(OCc5ccc(Cl)cc5Cl)n4)CC3)n(C[C@@H]3CCO3)c2c1. The molecule has 2 saturated heterocycles. The molecule has 0 unspecified atom stereocenters. The first-order valence-electron chi connectivity index (χ1n) is 13.6. The number of benzene rings is 2. The van der Waals surface area contributed by atoms with Crippen molar-refractivity contribution in [2.45, 2.75) is 51.2 Å². The maximum Gasteiger partial charge on any atom is 0.335 e. The van der Waals surface area contributed by atoms with Crippen molar-refractivity contribution in [3.05, 3.63) is 75.4 Å². The lowest BCUT2D eigenvalue weighted by molar-refractivity contribution is -0.0592.